The summed E-state index contributed by atoms with van der Waals surface area (Å²) in [7, 11) is -4.06. The second-order valence-electron chi connectivity index (χ2n) is 8.84. The van der Waals surface area contributed by atoms with E-state index in [0.29, 0.717) is 28.9 Å². The molecule has 0 fully saturated rings. The number of carbonyl (C=O) groups excluding carboxylic acids is 1. The predicted molar refractivity (Wildman–Crippen MR) is 128 cm³/mol. The largest absolute Gasteiger partial charge is 0.417 e. The van der Waals surface area contributed by atoms with Crippen LogP contribution in [0.4, 0.5) is 13.2 Å². The van der Waals surface area contributed by atoms with Crippen LogP contribution in [0.1, 0.15) is 68.0 Å². The van der Waals surface area contributed by atoms with Gasteiger partial charge >= 0.3 is 6.18 Å². The third-order valence-electron chi connectivity index (χ3n) is 5.32. The summed E-state index contributed by atoms with van der Waals surface area (Å²) in [5.41, 5.74) is -0.638. The van der Waals surface area contributed by atoms with E-state index in [9.17, 15) is 26.4 Å². The molecular formula is C22H25ClF3N3O3S2. The number of aryl methyl sites for hydroxylation is 1. The fourth-order valence-electron chi connectivity index (χ4n) is 3.38. The van der Waals surface area contributed by atoms with Gasteiger partial charge in [-0.25, -0.2) is 18.1 Å². The third-order valence-corrected chi connectivity index (χ3v) is 8.64. The predicted octanol–water partition coefficient (Wildman–Crippen LogP) is 6.02. The van der Waals surface area contributed by atoms with Crippen LogP contribution in [0, 0.1) is 0 Å². The number of alkyl halides is 3. The van der Waals surface area contributed by atoms with Crippen molar-refractivity contribution in [3.05, 3.63) is 51.4 Å². The van der Waals surface area contributed by atoms with Crippen LogP contribution in [-0.4, -0.2) is 28.6 Å². The molecule has 0 atom stereocenters. The molecule has 0 aliphatic rings. The maximum atomic E-state index is 13.7. The van der Waals surface area contributed by atoms with Crippen LogP contribution < -0.4 is 4.72 Å². The molecule has 186 valence electrons. The number of imidazole rings is 1. The Balaban J connectivity index is 2.14. The van der Waals surface area contributed by atoms with Crippen molar-refractivity contribution in [1.82, 2.24) is 14.3 Å². The number of amides is 1. The van der Waals surface area contributed by atoms with Crippen LogP contribution in [-0.2, 0) is 29.2 Å². The zero-order chi connectivity index (χ0) is 25.5. The van der Waals surface area contributed by atoms with E-state index in [1.54, 1.807) is 11.4 Å². The molecule has 1 amide bonds. The highest BCUT2D eigenvalue weighted by atomic mass is 35.5. The number of nitrogens with zero attached hydrogens (tertiary/aromatic N) is 2. The average Bonchev–Trinajstić information content (AvgIpc) is 3.25. The standard InChI is InChI=1S/C22H25ClF3N3O3S2/c1-5-6-10-16-27-19(23)18(20(30)28-34(31,32)21(2,3)4)29(16)11-13-12-33-15-9-7-8-14(17(13)15)22(24,25)26/h7-9,12H,5-6,10-11H2,1-4H3,(H,28,30). The summed E-state index contributed by atoms with van der Waals surface area (Å²) in [5, 5.41) is 1.44. The first-order valence-corrected chi connectivity index (χ1v) is 13.3. The lowest BCUT2D eigenvalue weighted by molar-refractivity contribution is -0.136. The molecule has 0 spiro atoms. The maximum Gasteiger partial charge on any atom is 0.417 e. The number of hydrogen-bond donors (Lipinski definition) is 1. The summed E-state index contributed by atoms with van der Waals surface area (Å²) in [5.74, 6) is -0.584. The molecule has 0 saturated carbocycles. The number of unbranched alkanes of at least 4 members (excludes halogenated alkanes) is 1. The van der Waals surface area contributed by atoms with E-state index in [0.717, 1.165) is 23.8 Å². The van der Waals surface area contributed by atoms with Crippen LogP contribution in [0.15, 0.2) is 23.6 Å². The van der Waals surface area contributed by atoms with E-state index in [4.69, 9.17) is 11.6 Å². The van der Waals surface area contributed by atoms with Crippen molar-refractivity contribution >= 4 is 49.0 Å². The number of hydrogen-bond acceptors (Lipinski definition) is 5. The smallest absolute Gasteiger partial charge is 0.318 e. The summed E-state index contributed by atoms with van der Waals surface area (Å²) in [6.45, 7) is 6.14. The van der Waals surface area contributed by atoms with Crippen molar-refractivity contribution < 1.29 is 26.4 Å². The van der Waals surface area contributed by atoms with E-state index in [-0.39, 0.29) is 22.8 Å². The van der Waals surface area contributed by atoms with E-state index < -0.39 is 32.4 Å². The molecular weight excluding hydrogens is 511 g/mol. The minimum absolute atomic E-state index is 0.0416. The molecule has 0 bridgehead atoms. The van der Waals surface area contributed by atoms with E-state index in [2.05, 4.69) is 4.98 Å². The third kappa shape index (κ3) is 5.26. The lowest BCUT2D eigenvalue weighted by Crippen LogP contribution is -2.43. The van der Waals surface area contributed by atoms with E-state index >= 15 is 0 Å². The minimum atomic E-state index is -4.56. The summed E-state index contributed by atoms with van der Waals surface area (Å²) < 4.78 is 68.8. The molecule has 2 heterocycles. The van der Waals surface area contributed by atoms with Gasteiger partial charge in [0.15, 0.2) is 5.15 Å². The van der Waals surface area contributed by atoms with Gasteiger partial charge in [0.2, 0.25) is 10.0 Å². The Kier molecular flexibility index (Phi) is 7.40. The molecule has 3 aromatic rings. The number of thiophene rings is 1. The molecule has 0 saturated heterocycles. The number of aromatic nitrogens is 2. The molecule has 6 nitrogen and oxygen atoms in total. The molecule has 0 unspecified atom stereocenters. The van der Waals surface area contributed by atoms with Gasteiger partial charge in [-0.2, -0.15) is 13.2 Å². The van der Waals surface area contributed by atoms with Crippen molar-refractivity contribution in [3.8, 4) is 0 Å². The van der Waals surface area contributed by atoms with Crippen molar-refractivity contribution in [2.45, 2.75) is 64.4 Å². The second-order valence-corrected chi connectivity index (χ2v) is 12.5. The van der Waals surface area contributed by atoms with E-state index in [1.807, 2.05) is 11.6 Å². The number of fused-ring (bicyclic) bond motifs is 1. The number of sulfonamides is 1. The maximum absolute atomic E-state index is 13.7. The molecule has 3 rings (SSSR count). The summed E-state index contributed by atoms with van der Waals surface area (Å²) in [4.78, 5) is 17.3. The molecule has 1 N–H and O–H groups in total. The fraction of sp³-hybridized carbons (Fsp3) is 0.455. The lowest BCUT2D eigenvalue weighted by atomic mass is 10.1. The summed E-state index contributed by atoms with van der Waals surface area (Å²) in [6, 6.07) is 3.96. The summed E-state index contributed by atoms with van der Waals surface area (Å²) >= 11 is 7.42. The Labute approximate surface area is 205 Å². The number of carbonyl (C=O) groups is 1. The number of rotatable bonds is 7. The van der Waals surface area contributed by atoms with Gasteiger partial charge in [0.1, 0.15) is 11.5 Å². The molecule has 2 aromatic heterocycles. The van der Waals surface area contributed by atoms with E-state index in [1.165, 1.54) is 31.4 Å². The van der Waals surface area contributed by atoms with Gasteiger partial charge in [0.05, 0.1) is 16.9 Å². The van der Waals surface area contributed by atoms with Crippen molar-refractivity contribution in [2.24, 2.45) is 0 Å². The number of benzene rings is 1. The average molecular weight is 536 g/mol. The van der Waals surface area contributed by atoms with Gasteiger partial charge in [0, 0.05) is 16.5 Å². The van der Waals surface area contributed by atoms with Gasteiger partial charge in [-0.15, -0.1) is 11.3 Å². The van der Waals surface area contributed by atoms with Crippen LogP contribution in [0.25, 0.3) is 10.1 Å². The number of nitrogens with one attached hydrogen (secondary N) is 1. The molecule has 12 heteroatoms. The monoisotopic (exact) mass is 535 g/mol. The lowest BCUT2D eigenvalue weighted by Gasteiger charge is -2.20. The SMILES string of the molecule is CCCCc1nc(Cl)c(C(=O)NS(=O)(=O)C(C)(C)C)n1Cc1csc2cccc(C(F)(F)F)c12. The summed E-state index contributed by atoms with van der Waals surface area (Å²) in [6.07, 6.45) is -2.63. The number of halogens is 4. The van der Waals surface area contributed by atoms with Crippen molar-refractivity contribution in [2.75, 3.05) is 0 Å². The first-order valence-electron chi connectivity index (χ1n) is 10.5. The van der Waals surface area contributed by atoms with Gasteiger partial charge in [-0.05, 0) is 50.3 Å². The highest BCUT2D eigenvalue weighted by Crippen LogP contribution is 2.39. The zero-order valence-corrected chi connectivity index (χ0v) is 21.5. The minimum Gasteiger partial charge on any atom is -0.318 e. The van der Waals surface area contributed by atoms with Gasteiger partial charge in [0.25, 0.3) is 5.91 Å². The Morgan fingerprint density at radius 3 is 2.50 bits per heavy atom. The van der Waals surface area contributed by atoms with Crippen LogP contribution in [0.3, 0.4) is 0 Å². The molecule has 0 aliphatic carbocycles. The molecule has 34 heavy (non-hydrogen) atoms. The van der Waals surface area contributed by atoms with Gasteiger partial charge < -0.3 is 4.57 Å². The highest BCUT2D eigenvalue weighted by molar-refractivity contribution is 7.91. The van der Waals surface area contributed by atoms with Gasteiger partial charge in [-0.3, -0.25) is 4.79 Å². The van der Waals surface area contributed by atoms with Crippen LogP contribution in [0.5, 0.6) is 0 Å². The Morgan fingerprint density at radius 2 is 1.91 bits per heavy atom. The zero-order valence-electron chi connectivity index (χ0n) is 19.1. The molecule has 0 radical (unpaired) electrons. The first-order chi connectivity index (χ1) is 15.7. The Morgan fingerprint density at radius 1 is 1.24 bits per heavy atom. The van der Waals surface area contributed by atoms with Crippen LogP contribution in [0.2, 0.25) is 5.15 Å². The Hall–Kier alpha value is -2.11. The van der Waals surface area contributed by atoms with Crippen molar-refractivity contribution in [1.29, 1.82) is 0 Å². The second kappa shape index (κ2) is 9.50. The highest BCUT2D eigenvalue weighted by Gasteiger charge is 2.35. The van der Waals surface area contributed by atoms with Crippen molar-refractivity contribution in [3.63, 3.8) is 0 Å². The Bertz CT molecular complexity index is 1320. The first kappa shape index (κ1) is 26.5. The topological polar surface area (TPSA) is 81.1 Å². The molecule has 1 aromatic carbocycles. The van der Waals surface area contributed by atoms with Gasteiger partial charge in [-0.1, -0.05) is 31.0 Å². The quantitative estimate of drug-likeness (QED) is 0.401. The van der Waals surface area contributed by atoms with Crippen LogP contribution >= 0.6 is 22.9 Å². The fourth-order valence-corrected chi connectivity index (χ4v) is 5.29. The molecule has 0 aliphatic heterocycles. The normalized spacial score (nSPS) is 12.9.